The number of hydrogen-bond donors (Lipinski definition) is 2. The van der Waals surface area contributed by atoms with Gasteiger partial charge in [-0.3, -0.25) is 5.43 Å². The minimum Gasteiger partial charge on any atom is -0.488 e. The van der Waals surface area contributed by atoms with Crippen LogP contribution in [0.1, 0.15) is 11.1 Å². The van der Waals surface area contributed by atoms with E-state index >= 15 is 0 Å². The molecule has 0 aliphatic rings. The second kappa shape index (κ2) is 8.33. The number of nitrogens with two attached hydrogens (primary N) is 1. The van der Waals surface area contributed by atoms with Crippen molar-refractivity contribution in [2.75, 3.05) is 11.2 Å². The molecule has 5 nitrogen and oxygen atoms in total. The van der Waals surface area contributed by atoms with E-state index in [2.05, 4.69) is 31.4 Å². The number of benzene rings is 2. The maximum Gasteiger partial charge on any atom is 0.205 e. The van der Waals surface area contributed by atoms with Gasteiger partial charge >= 0.3 is 0 Å². The maximum absolute atomic E-state index is 6.08. The third kappa shape index (κ3) is 5.19. The van der Waals surface area contributed by atoms with E-state index in [4.69, 9.17) is 22.1 Å². The molecule has 3 aromatic rings. The number of ether oxygens (including phenoxy) is 1. The molecule has 3 rings (SSSR count). The molecular formula is C17H14BrClN4OS. The molecule has 25 heavy (non-hydrogen) atoms. The molecule has 0 unspecified atom stereocenters. The standard InChI is InChI=1S/C17H14BrClN4OS/c18-13-3-1-2-11(6-13)9-24-15-5-4-14(19)7-12(15)8-21-23-17-22-16(20)10-25-17/h1-8,10H,9,20H2,(H,22,23). The van der Waals surface area contributed by atoms with Gasteiger partial charge in [-0.1, -0.05) is 39.7 Å². The smallest absolute Gasteiger partial charge is 0.205 e. The predicted octanol–water partition coefficient (Wildman–Crippen LogP) is 5.17. The van der Waals surface area contributed by atoms with E-state index in [0.717, 1.165) is 15.6 Å². The van der Waals surface area contributed by atoms with Crippen LogP contribution in [0.2, 0.25) is 5.02 Å². The number of hydrazone groups is 1. The lowest BCUT2D eigenvalue weighted by Gasteiger charge is -2.10. The van der Waals surface area contributed by atoms with Crippen LogP contribution in [0.5, 0.6) is 5.75 Å². The number of thiazole rings is 1. The summed E-state index contributed by atoms with van der Waals surface area (Å²) in [6.07, 6.45) is 1.64. The lowest BCUT2D eigenvalue weighted by atomic mass is 10.2. The zero-order valence-electron chi connectivity index (χ0n) is 12.9. The van der Waals surface area contributed by atoms with Crippen molar-refractivity contribution in [3.05, 3.63) is 68.5 Å². The molecule has 1 aromatic heterocycles. The van der Waals surface area contributed by atoms with Gasteiger partial charge in [0, 0.05) is 20.4 Å². The van der Waals surface area contributed by atoms with Crippen LogP contribution in [0.15, 0.2) is 57.4 Å². The molecule has 0 saturated heterocycles. The molecule has 0 bridgehead atoms. The number of anilines is 2. The van der Waals surface area contributed by atoms with E-state index in [1.165, 1.54) is 11.3 Å². The van der Waals surface area contributed by atoms with E-state index in [0.29, 0.717) is 28.3 Å². The number of rotatable bonds is 6. The second-order valence-electron chi connectivity index (χ2n) is 5.05. The Kier molecular flexibility index (Phi) is 5.91. The highest BCUT2D eigenvalue weighted by Gasteiger charge is 2.04. The van der Waals surface area contributed by atoms with Gasteiger partial charge in [0.1, 0.15) is 18.2 Å². The number of aromatic nitrogens is 1. The van der Waals surface area contributed by atoms with Crippen LogP contribution in [0.3, 0.4) is 0 Å². The van der Waals surface area contributed by atoms with Gasteiger partial charge in [0.15, 0.2) is 0 Å². The van der Waals surface area contributed by atoms with Crippen molar-refractivity contribution in [3.8, 4) is 5.75 Å². The van der Waals surface area contributed by atoms with Crippen LogP contribution in [0.25, 0.3) is 0 Å². The molecule has 0 atom stereocenters. The molecule has 0 spiro atoms. The Balaban J connectivity index is 1.71. The molecule has 0 aliphatic carbocycles. The normalized spacial score (nSPS) is 11.0. The molecule has 8 heteroatoms. The first-order valence-electron chi connectivity index (χ1n) is 7.27. The van der Waals surface area contributed by atoms with E-state index < -0.39 is 0 Å². The Morgan fingerprint density at radius 1 is 1.32 bits per heavy atom. The summed E-state index contributed by atoms with van der Waals surface area (Å²) in [4.78, 5) is 4.08. The summed E-state index contributed by atoms with van der Waals surface area (Å²) in [5.41, 5.74) is 10.2. The highest BCUT2D eigenvalue weighted by atomic mass is 79.9. The van der Waals surface area contributed by atoms with E-state index in [9.17, 15) is 0 Å². The van der Waals surface area contributed by atoms with E-state index in [-0.39, 0.29) is 0 Å². The van der Waals surface area contributed by atoms with Crippen LogP contribution in [0, 0.1) is 0 Å². The molecule has 0 fully saturated rings. The Bertz CT molecular complexity index is 900. The number of hydrogen-bond acceptors (Lipinski definition) is 6. The molecule has 0 saturated carbocycles. The molecule has 1 heterocycles. The van der Waals surface area contributed by atoms with Crippen molar-refractivity contribution in [3.63, 3.8) is 0 Å². The zero-order valence-corrected chi connectivity index (χ0v) is 16.1. The summed E-state index contributed by atoms with van der Waals surface area (Å²) in [5, 5.41) is 7.13. The van der Waals surface area contributed by atoms with Crippen LogP contribution in [-0.2, 0) is 6.61 Å². The van der Waals surface area contributed by atoms with Crippen LogP contribution < -0.4 is 15.9 Å². The van der Waals surface area contributed by atoms with Crippen molar-refractivity contribution in [1.82, 2.24) is 4.98 Å². The topological polar surface area (TPSA) is 72.5 Å². The van der Waals surface area contributed by atoms with Gasteiger partial charge in [0.25, 0.3) is 0 Å². The third-order valence-electron chi connectivity index (χ3n) is 3.14. The second-order valence-corrected chi connectivity index (χ2v) is 7.26. The Hall–Kier alpha value is -2.09. The number of halogens is 2. The van der Waals surface area contributed by atoms with Gasteiger partial charge in [-0.25, -0.2) is 4.98 Å². The average Bonchev–Trinajstić information content (AvgIpc) is 2.99. The maximum atomic E-state index is 6.08. The highest BCUT2D eigenvalue weighted by molar-refractivity contribution is 9.10. The SMILES string of the molecule is Nc1csc(NN=Cc2cc(Cl)ccc2OCc2cccc(Br)c2)n1. The molecule has 0 amide bonds. The molecule has 0 radical (unpaired) electrons. The fourth-order valence-corrected chi connectivity index (χ4v) is 3.21. The van der Waals surface area contributed by atoms with Gasteiger partial charge in [-0.05, 0) is 35.9 Å². The van der Waals surface area contributed by atoms with Crippen molar-refractivity contribution >= 4 is 56.0 Å². The molecule has 128 valence electrons. The summed E-state index contributed by atoms with van der Waals surface area (Å²) in [7, 11) is 0. The molecular weight excluding hydrogens is 424 g/mol. The minimum atomic E-state index is 0.443. The fourth-order valence-electron chi connectivity index (χ4n) is 2.03. The quantitative estimate of drug-likeness (QED) is 0.412. The van der Waals surface area contributed by atoms with Crippen molar-refractivity contribution < 1.29 is 4.74 Å². The highest BCUT2D eigenvalue weighted by Crippen LogP contribution is 2.23. The molecule has 3 N–H and O–H groups in total. The van der Waals surface area contributed by atoms with Crippen molar-refractivity contribution in [2.24, 2.45) is 5.10 Å². The largest absolute Gasteiger partial charge is 0.488 e. The summed E-state index contributed by atoms with van der Waals surface area (Å²) in [5.74, 6) is 1.15. The first-order valence-corrected chi connectivity index (χ1v) is 9.32. The number of nitrogens with zero attached hydrogens (tertiary/aromatic N) is 2. The minimum absolute atomic E-state index is 0.443. The van der Waals surface area contributed by atoms with Gasteiger partial charge in [0.2, 0.25) is 5.13 Å². The lowest BCUT2D eigenvalue weighted by molar-refractivity contribution is 0.306. The summed E-state index contributed by atoms with van der Waals surface area (Å²) in [6.45, 7) is 0.443. The Morgan fingerprint density at radius 3 is 2.96 bits per heavy atom. The fraction of sp³-hybridized carbons (Fsp3) is 0.0588. The van der Waals surface area contributed by atoms with Crippen molar-refractivity contribution in [1.29, 1.82) is 0 Å². The van der Waals surface area contributed by atoms with Crippen molar-refractivity contribution in [2.45, 2.75) is 6.61 Å². The van der Waals surface area contributed by atoms with Crippen LogP contribution in [-0.4, -0.2) is 11.2 Å². The Morgan fingerprint density at radius 2 is 2.20 bits per heavy atom. The first-order chi connectivity index (χ1) is 12.1. The number of nitrogen functional groups attached to an aromatic ring is 1. The summed E-state index contributed by atoms with van der Waals surface area (Å²) >= 11 is 10.9. The summed E-state index contributed by atoms with van der Waals surface area (Å²) < 4.78 is 6.92. The average molecular weight is 438 g/mol. The van der Waals surface area contributed by atoms with E-state index in [1.54, 1.807) is 23.7 Å². The summed E-state index contributed by atoms with van der Waals surface area (Å²) in [6, 6.07) is 13.4. The van der Waals surface area contributed by atoms with Gasteiger partial charge in [-0.2, -0.15) is 5.10 Å². The first kappa shape index (κ1) is 17.7. The lowest BCUT2D eigenvalue weighted by Crippen LogP contribution is -1.99. The Labute approximate surface area is 162 Å². The third-order valence-corrected chi connectivity index (χ3v) is 4.63. The van der Waals surface area contributed by atoms with Gasteiger partial charge < -0.3 is 10.5 Å². The van der Waals surface area contributed by atoms with Crippen LogP contribution in [0.4, 0.5) is 10.9 Å². The monoisotopic (exact) mass is 436 g/mol. The van der Waals surface area contributed by atoms with Gasteiger partial charge in [0.05, 0.1) is 6.21 Å². The predicted molar refractivity (Wildman–Crippen MR) is 108 cm³/mol. The van der Waals surface area contributed by atoms with E-state index in [1.807, 2.05) is 30.3 Å². The molecule has 0 aliphatic heterocycles. The van der Waals surface area contributed by atoms with Crippen LogP contribution >= 0.6 is 38.9 Å². The number of nitrogens with one attached hydrogen (secondary N) is 1. The van der Waals surface area contributed by atoms with Gasteiger partial charge in [-0.15, -0.1) is 11.3 Å². The molecule has 2 aromatic carbocycles. The zero-order chi connectivity index (χ0) is 17.6.